The van der Waals surface area contributed by atoms with E-state index in [-0.39, 0.29) is 18.9 Å². The summed E-state index contributed by atoms with van der Waals surface area (Å²) < 4.78 is 0. The lowest BCUT2D eigenvalue weighted by molar-refractivity contribution is -0.124. The number of hydrogen-bond acceptors (Lipinski definition) is 4. The third-order valence-electron chi connectivity index (χ3n) is 7.15. The van der Waals surface area contributed by atoms with Crippen LogP contribution in [-0.2, 0) is 4.79 Å². The molecule has 39 heavy (non-hydrogen) atoms. The number of carbonyl (C=O) groups excluding carboxylic acids is 1. The summed E-state index contributed by atoms with van der Waals surface area (Å²) in [5, 5.41) is 32.8. The van der Waals surface area contributed by atoms with Crippen molar-refractivity contribution in [3.8, 4) is 0 Å². The average Bonchev–Trinajstić information content (AvgIpc) is 2.92. The van der Waals surface area contributed by atoms with Gasteiger partial charge in [-0.25, -0.2) is 0 Å². The summed E-state index contributed by atoms with van der Waals surface area (Å²) in [7, 11) is 0. The van der Waals surface area contributed by atoms with Crippen molar-refractivity contribution in [2.75, 3.05) is 6.61 Å². The molecular formula is C34H63NO4. The molecule has 0 rings (SSSR count). The Balaban J connectivity index is 3.85. The zero-order valence-corrected chi connectivity index (χ0v) is 25.5. The van der Waals surface area contributed by atoms with Gasteiger partial charge >= 0.3 is 0 Å². The summed E-state index contributed by atoms with van der Waals surface area (Å²) in [6.45, 7) is 4.12. The molecule has 0 spiro atoms. The topological polar surface area (TPSA) is 89.8 Å². The third-order valence-corrected chi connectivity index (χ3v) is 7.15. The van der Waals surface area contributed by atoms with E-state index in [4.69, 9.17) is 0 Å². The molecule has 0 bridgehead atoms. The van der Waals surface area contributed by atoms with Gasteiger partial charge in [0, 0.05) is 0 Å². The van der Waals surface area contributed by atoms with E-state index in [0.717, 1.165) is 44.9 Å². The molecule has 3 atom stereocenters. The molecule has 5 nitrogen and oxygen atoms in total. The summed E-state index contributed by atoms with van der Waals surface area (Å²) in [6, 6.07) is -0.761. The highest BCUT2D eigenvalue weighted by Crippen LogP contribution is 2.11. The SMILES string of the molecule is CCCCCC/C=C/CC/C=C/C(O)C(CO)NC(=O)CC(O)CCCCC/C=C\CCCCCCCCC. The van der Waals surface area contributed by atoms with Crippen molar-refractivity contribution in [2.45, 2.75) is 167 Å². The molecule has 0 fully saturated rings. The molecule has 3 unspecified atom stereocenters. The molecule has 0 heterocycles. The third kappa shape index (κ3) is 26.6. The fourth-order valence-electron chi connectivity index (χ4n) is 4.58. The van der Waals surface area contributed by atoms with E-state index in [1.54, 1.807) is 6.08 Å². The van der Waals surface area contributed by atoms with Crippen molar-refractivity contribution in [3.63, 3.8) is 0 Å². The van der Waals surface area contributed by atoms with E-state index in [1.165, 1.54) is 77.0 Å². The molecule has 0 saturated carbocycles. The minimum atomic E-state index is -0.951. The first-order chi connectivity index (χ1) is 19.0. The predicted molar refractivity (Wildman–Crippen MR) is 167 cm³/mol. The van der Waals surface area contributed by atoms with E-state index in [9.17, 15) is 20.1 Å². The lowest BCUT2D eigenvalue weighted by atomic mass is 10.1. The molecule has 0 aliphatic carbocycles. The van der Waals surface area contributed by atoms with Crippen LogP contribution in [0.1, 0.15) is 149 Å². The summed E-state index contributed by atoms with van der Waals surface area (Å²) in [5.74, 6) is -0.340. The fraction of sp³-hybridized carbons (Fsp3) is 0.794. The van der Waals surface area contributed by atoms with Crippen LogP contribution in [0.4, 0.5) is 0 Å². The monoisotopic (exact) mass is 549 g/mol. The summed E-state index contributed by atoms with van der Waals surface area (Å²) in [5.41, 5.74) is 0. The van der Waals surface area contributed by atoms with Crippen molar-refractivity contribution in [2.24, 2.45) is 0 Å². The largest absolute Gasteiger partial charge is 0.394 e. The fourth-order valence-corrected chi connectivity index (χ4v) is 4.58. The van der Waals surface area contributed by atoms with Crippen molar-refractivity contribution >= 4 is 5.91 Å². The number of hydrogen-bond donors (Lipinski definition) is 4. The first kappa shape index (κ1) is 37.6. The number of aliphatic hydroxyl groups is 3. The Kier molecular flexibility index (Phi) is 28.5. The van der Waals surface area contributed by atoms with E-state index in [0.29, 0.717) is 6.42 Å². The minimum absolute atomic E-state index is 0.00562. The summed E-state index contributed by atoms with van der Waals surface area (Å²) >= 11 is 0. The molecule has 5 heteroatoms. The van der Waals surface area contributed by atoms with Crippen LogP contribution >= 0.6 is 0 Å². The lowest BCUT2D eigenvalue weighted by Gasteiger charge is -2.20. The van der Waals surface area contributed by atoms with Gasteiger partial charge in [-0.15, -0.1) is 0 Å². The molecule has 1 amide bonds. The summed E-state index contributed by atoms with van der Waals surface area (Å²) in [6.07, 6.45) is 34.1. The Bertz CT molecular complexity index is 616. The Morgan fingerprint density at radius 3 is 1.67 bits per heavy atom. The van der Waals surface area contributed by atoms with Crippen molar-refractivity contribution in [3.05, 3.63) is 36.5 Å². The lowest BCUT2D eigenvalue weighted by Crippen LogP contribution is -2.45. The number of nitrogens with one attached hydrogen (secondary N) is 1. The molecule has 0 aromatic carbocycles. The summed E-state index contributed by atoms with van der Waals surface area (Å²) in [4.78, 5) is 12.3. The second-order valence-electron chi connectivity index (χ2n) is 11.1. The van der Waals surface area contributed by atoms with Crippen LogP contribution in [-0.4, -0.2) is 46.1 Å². The minimum Gasteiger partial charge on any atom is -0.394 e. The second kappa shape index (κ2) is 29.6. The van der Waals surface area contributed by atoms with E-state index in [2.05, 4.69) is 43.5 Å². The van der Waals surface area contributed by atoms with Gasteiger partial charge in [0.15, 0.2) is 0 Å². The molecular weight excluding hydrogens is 486 g/mol. The smallest absolute Gasteiger partial charge is 0.222 e. The quantitative estimate of drug-likeness (QED) is 0.0586. The molecule has 0 aliphatic heterocycles. The van der Waals surface area contributed by atoms with Gasteiger partial charge in [-0.1, -0.05) is 121 Å². The Labute approximate surface area is 241 Å². The van der Waals surface area contributed by atoms with Crippen molar-refractivity contribution < 1.29 is 20.1 Å². The number of carbonyl (C=O) groups is 1. The van der Waals surface area contributed by atoms with Gasteiger partial charge in [0.1, 0.15) is 0 Å². The van der Waals surface area contributed by atoms with Gasteiger partial charge in [0.05, 0.1) is 31.3 Å². The normalized spacial score (nSPS) is 14.5. The highest BCUT2D eigenvalue weighted by atomic mass is 16.3. The van der Waals surface area contributed by atoms with Crippen LogP contribution in [0.2, 0.25) is 0 Å². The van der Waals surface area contributed by atoms with E-state index < -0.39 is 18.2 Å². The van der Waals surface area contributed by atoms with Gasteiger partial charge in [0.2, 0.25) is 5.91 Å². The number of allylic oxidation sites excluding steroid dienone is 5. The molecule has 4 N–H and O–H groups in total. The van der Waals surface area contributed by atoms with Crippen LogP contribution in [0.3, 0.4) is 0 Å². The van der Waals surface area contributed by atoms with Crippen LogP contribution < -0.4 is 5.32 Å². The highest BCUT2D eigenvalue weighted by molar-refractivity contribution is 5.76. The Morgan fingerprint density at radius 1 is 0.641 bits per heavy atom. The number of unbranched alkanes of at least 4 members (excludes halogenated alkanes) is 15. The van der Waals surface area contributed by atoms with Gasteiger partial charge in [0.25, 0.3) is 0 Å². The molecule has 0 radical (unpaired) electrons. The van der Waals surface area contributed by atoms with Crippen molar-refractivity contribution in [1.82, 2.24) is 5.32 Å². The maximum atomic E-state index is 12.3. The second-order valence-corrected chi connectivity index (χ2v) is 11.1. The highest BCUT2D eigenvalue weighted by Gasteiger charge is 2.19. The first-order valence-electron chi connectivity index (χ1n) is 16.3. The van der Waals surface area contributed by atoms with E-state index >= 15 is 0 Å². The van der Waals surface area contributed by atoms with Crippen LogP contribution in [0.25, 0.3) is 0 Å². The number of amides is 1. The molecule has 228 valence electrons. The molecule has 0 saturated heterocycles. The van der Waals surface area contributed by atoms with Crippen molar-refractivity contribution in [1.29, 1.82) is 0 Å². The average molecular weight is 550 g/mol. The van der Waals surface area contributed by atoms with Gasteiger partial charge in [-0.3, -0.25) is 4.79 Å². The van der Waals surface area contributed by atoms with Crippen LogP contribution in [0, 0.1) is 0 Å². The maximum absolute atomic E-state index is 12.3. The van der Waals surface area contributed by atoms with Crippen LogP contribution in [0.15, 0.2) is 36.5 Å². The number of aliphatic hydroxyl groups excluding tert-OH is 3. The van der Waals surface area contributed by atoms with Gasteiger partial charge in [-0.2, -0.15) is 0 Å². The molecule has 0 aliphatic rings. The van der Waals surface area contributed by atoms with Gasteiger partial charge < -0.3 is 20.6 Å². The Morgan fingerprint density at radius 2 is 1.10 bits per heavy atom. The zero-order chi connectivity index (χ0) is 28.8. The zero-order valence-electron chi connectivity index (χ0n) is 25.5. The van der Waals surface area contributed by atoms with Gasteiger partial charge in [-0.05, 0) is 57.8 Å². The Hall–Kier alpha value is -1.43. The first-order valence-corrected chi connectivity index (χ1v) is 16.3. The number of rotatable bonds is 28. The van der Waals surface area contributed by atoms with Crippen LogP contribution in [0.5, 0.6) is 0 Å². The molecule has 0 aromatic rings. The molecule has 0 aromatic heterocycles. The standard InChI is InChI=1S/C34H63NO4/c1-3-5-7-9-11-13-15-16-17-18-19-21-23-25-27-31(37)29-34(39)35-32(30-36)33(38)28-26-24-22-20-14-12-10-8-6-4-2/h14,17-18,20,26,28,31-33,36-38H,3-13,15-16,19,21-25,27,29-30H2,1-2H3,(H,35,39)/b18-17-,20-14+,28-26+. The predicted octanol–water partition coefficient (Wildman–Crippen LogP) is 8.09. The maximum Gasteiger partial charge on any atom is 0.222 e. The van der Waals surface area contributed by atoms with E-state index in [1.807, 2.05) is 6.08 Å².